The first-order chi connectivity index (χ1) is 12.2. The molecule has 25 heavy (non-hydrogen) atoms. The Bertz CT molecular complexity index is 831. The van der Waals surface area contributed by atoms with E-state index in [9.17, 15) is 0 Å². The number of hydrogen-bond acceptors (Lipinski definition) is 6. The van der Waals surface area contributed by atoms with Crippen LogP contribution in [0.2, 0.25) is 0 Å². The van der Waals surface area contributed by atoms with E-state index in [4.69, 9.17) is 14.2 Å². The van der Waals surface area contributed by atoms with Crippen molar-refractivity contribution in [2.75, 3.05) is 26.1 Å². The Labute approximate surface area is 151 Å². The van der Waals surface area contributed by atoms with E-state index >= 15 is 0 Å². The van der Waals surface area contributed by atoms with E-state index in [0.29, 0.717) is 6.61 Å². The van der Waals surface area contributed by atoms with Crippen LogP contribution in [-0.4, -0.2) is 25.8 Å². The fourth-order valence-electron chi connectivity index (χ4n) is 2.39. The Kier molecular flexibility index (Phi) is 5.40. The van der Waals surface area contributed by atoms with Crippen molar-refractivity contribution in [3.8, 4) is 28.5 Å². The van der Waals surface area contributed by atoms with Crippen molar-refractivity contribution in [1.29, 1.82) is 0 Å². The van der Waals surface area contributed by atoms with Crippen molar-refractivity contribution in [2.45, 2.75) is 6.92 Å². The Morgan fingerprint density at radius 3 is 2.44 bits per heavy atom. The summed E-state index contributed by atoms with van der Waals surface area (Å²) >= 11 is 1.54. The number of benzene rings is 2. The lowest BCUT2D eigenvalue weighted by molar-refractivity contribution is 0.340. The molecular formula is C19H20N2O3S. The van der Waals surface area contributed by atoms with Crippen LogP contribution in [-0.2, 0) is 0 Å². The fraction of sp³-hybridized carbons (Fsp3) is 0.211. The highest BCUT2D eigenvalue weighted by Crippen LogP contribution is 2.35. The zero-order chi connectivity index (χ0) is 17.6. The summed E-state index contributed by atoms with van der Waals surface area (Å²) in [5, 5.41) is 6.13. The molecule has 1 N–H and O–H groups in total. The molecule has 0 aliphatic heterocycles. The maximum absolute atomic E-state index is 5.46. The van der Waals surface area contributed by atoms with Gasteiger partial charge in [-0.25, -0.2) is 4.98 Å². The van der Waals surface area contributed by atoms with Gasteiger partial charge < -0.3 is 19.5 Å². The Morgan fingerprint density at radius 1 is 1.00 bits per heavy atom. The Morgan fingerprint density at radius 2 is 1.76 bits per heavy atom. The lowest BCUT2D eigenvalue weighted by Gasteiger charge is -2.08. The summed E-state index contributed by atoms with van der Waals surface area (Å²) in [5.41, 5.74) is 2.75. The van der Waals surface area contributed by atoms with Crippen LogP contribution in [0.1, 0.15) is 6.92 Å². The third-order valence-electron chi connectivity index (χ3n) is 3.61. The van der Waals surface area contributed by atoms with Gasteiger partial charge in [-0.1, -0.05) is 0 Å². The monoisotopic (exact) mass is 356 g/mol. The number of hydrogen-bond donors (Lipinski definition) is 1. The number of aromatic nitrogens is 1. The van der Waals surface area contributed by atoms with Gasteiger partial charge in [0.05, 0.1) is 26.5 Å². The molecule has 130 valence electrons. The van der Waals surface area contributed by atoms with Crippen molar-refractivity contribution < 1.29 is 14.2 Å². The minimum Gasteiger partial charge on any atom is -0.497 e. The van der Waals surface area contributed by atoms with Crippen LogP contribution in [0.5, 0.6) is 17.2 Å². The molecule has 2 aromatic carbocycles. The maximum Gasteiger partial charge on any atom is 0.187 e. The van der Waals surface area contributed by atoms with Crippen molar-refractivity contribution in [2.24, 2.45) is 0 Å². The zero-order valence-corrected chi connectivity index (χ0v) is 15.2. The zero-order valence-electron chi connectivity index (χ0n) is 14.4. The number of thiazole rings is 1. The van der Waals surface area contributed by atoms with E-state index in [1.54, 1.807) is 25.6 Å². The number of anilines is 2. The molecule has 0 aliphatic carbocycles. The molecule has 0 amide bonds. The summed E-state index contributed by atoms with van der Waals surface area (Å²) in [7, 11) is 3.28. The molecule has 0 saturated heterocycles. The van der Waals surface area contributed by atoms with Gasteiger partial charge >= 0.3 is 0 Å². The van der Waals surface area contributed by atoms with Gasteiger partial charge in [-0.3, -0.25) is 0 Å². The first-order valence-corrected chi connectivity index (χ1v) is 8.79. The molecule has 1 heterocycles. The van der Waals surface area contributed by atoms with Gasteiger partial charge in [0, 0.05) is 22.7 Å². The Balaban J connectivity index is 1.78. The number of nitrogens with one attached hydrogen (secondary N) is 1. The summed E-state index contributed by atoms with van der Waals surface area (Å²) in [6.45, 7) is 2.63. The predicted molar refractivity (Wildman–Crippen MR) is 102 cm³/mol. The molecule has 0 atom stereocenters. The second-order valence-corrected chi connectivity index (χ2v) is 6.04. The van der Waals surface area contributed by atoms with Gasteiger partial charge in [-0.2, -0.15) is 0 Å². The first kappa shape index (κ1) is 17.1. The van der Waals surface area contributed by atoms with E-state index in [2.05, 4.69) is 10.3 Å². The molecule has 0 saturated carbocycles. The van der Waals surface area contributed by atoms with Crippen LogP contribution >= 0.6 is 11.3 Å². The van der Waals surface area contributed by atoms with E-state index in [-0.39, 0.29) is 0 Å². The normalized spacial score (nSPS) is 10.4. The van der Waals surface area contributed by atoms with Crippen molar-refractivity contribution in [1.82, 2.24) is 4.98 Å². The van der Waals surface area contributed by atoms with Crippen molar-refractivity contribution in [3.05, 3.63) is 47.8 Å². The van der Waals surface area contributed by atoms with Gasteiger partial charge in [0.2, 0.25) is 0 Å². The lowest BCUT2D eigenvalue weighted by atomic mass is 10.1. The number of nitrogens with zero attached hydrogens (tertiary/aromatic N) is 1. The van der Waals surface area contributed by atoms with Gasteiger partial charge in [-0.05, 0) is 43.3 Å². The van der Waals surface area contributed by atoms with Crippen LogP contribution in [0, 0.1) is 0 Å². The van der Waals surface area contributed by atoms with E-state index in [1.807, 2.05) is 54.8 Å². The lowest BCUT2D eigenvalue weighted by Crippen LogP contribution is -1.93. The largest absolute Gasteiger partial charge is 0.497 e. The SMILES string of the molecule is CCOc1ccc(Nc2nc(-c3ccc(OC)cc3OC)cs2)cc1. The van der Waals surface area contributed by atoms with Crippen LogP contribution in [0.3, 0.4) is 0 Å². The smallest absolute Gasteiger partial charge is 0.187 e. The summed E-state index contributed by atoms with van der Waals surface area (Å²) in [6.07, 6.45) is 0. The van der Waals surface area contributed by atoms with Crippen molar-refractivity contribution in [3.63, 3.8) is 0 Å². The highest BCUT2D eigenvalue weighted by Gasteiger charge is 2.11. The second-order valence-electron chi connectivity index (χ2n) is 5.19. The highest BCUT2D eigenvalue weighted by molar-refractivity contribution is 7.14. The van der Waals surface area contributed by atoms with Crippen LogP contribution in [0.25, 0.3) is 11.3 Å². The van der Waals surface area contributed by atoms with Crippen LogP contribution in [0.4, 0.5) is 10.8 Å². The topological polar surface area (TPSA) is 52.6 Å². The predicted octanol–water partition coefficient (Wildman–Crippen LogP) is 4.97. The van der Waals surface area contributed by atoms with E-state index < -0.39 is 0 Å². The minimum absolute atomic E-state index is 0.659. The highest BCUT2D eigenvalue weighted by atomic mass is 32.1. The fourth-order valence-corrected chi connectivity index (χ4v) is 3.12. The van der Waals surface area contributed by atoms with Gasteiger partial charge in [0.1, 0.15) is 17.2 Å². The van der Waals surface area contributed by atoms with Gasteiger partial charge in [-0.15, -0.1) is 11.3 Å². The molecule has 3 aromatic rings. The summed E-state index contributed by atoms with van der Waals surface area (Å²) in [5.74, 6) is 2.34. The standard InChI is InChI=1S/C19H20N2O3S/c1-4-24-14-7-5-13(6-8-14)20-19-21-17(12-25-19)16-10-9-15(22-2)11-18(16)23-3/h5-12H,4H2,1-3H3,(H,20,21). The molecular weight excluding hydrogens is 336 g/mol. The third-order valence-corrected chi connectivity index (χ3v) is 4.36. The molecule has 0 spiro atoms. The molecule has 0 radical (unpaired) electrons. The van der Waals surface area contributed by atoms with Crippen molar-refractivity contribution >= 4 is 22.2 Å². The number of ether oxygens (including phenoxy) is 3. The van der Waals surface area contributed by atoms with E-state index in [0.717, 1.165) is 39.3 Å². The molecule has 0 unspecified atom stereocenters. The maximum atomic E-state index is 5.46. The van der Waals surface area contributed by atoms with Crippen LogP contribution < -0.4 is 19.5 Å². The van der Waals surface area contributed by atoms with Crippen LogP contribution in [0.15, 0.2) is 47.8 Å². The van der Waals surface area contributed by atoms with E-state index in [1.165, 1.54) is 0 Å². The van der Waals surface area contributed by atoms with Gasteiger partial charge in [0.15, 0.2) is 5.13 Å². The summed E-state index contributed by atoms with van der Waals surface area (Å²) in [4.78, 5) is 4.65. The average molecular weight is 356 g/mol. The first-order valence-electron chi connectivity index (χ1n) is 7.91. The third kappa shape index (κ3) is 4.03. The molecule has 0 fully saturated rings. The molecule has 0 aliphatic rings. The molecule has 1 aromatic heterocycles. The van der Waals surface area contributed by atoms with Gasteiger partial charge in [0.25, 0.3) is 0 Å². The average Bonchev–Trinajstić information content (AvgIpc) is 3.11. The Hall–Kier alpha value is -2.73. The molecule has 0 bridgehead atoms. The summed E-state index contributed by atoms with van der Waals surface area (Å²) in [6, 6.07) is 13.5. The number of methoxy groups -OCH3 is 2. The molecule has 6 heteroatoms. The second kappa shape index (κ2) is 7.90. The molecule has 3 rings (SSSR count). The quantitative estimate of drug-likeness (QED) is 0.648. The molecule has 5 nitrogen and oxygen atoms in total. The minimum atomic E-state index is 0.659. The summed E-state index contributed by atoms with van der Waals surface area (Å²) < 4.78 is 16.1. The number of rotatable bonds is 7.